The van der Waals surface area contributed by atoms with Crippen LogP contribution in [0.25, 0.3) is 0 Å². The lowest BCUT2D eigenvalue weighted by Gasteiger charge is -2.11. The molecule has 0 spiro atoms. The number of carbonyl (C=O) groups excluding carboxylic acids is 2. The highest BCUT2D eigenvalue weighted by Gasteiger charge is 2.11. The van der Waals surface area contributed by atoms with E-state index in [1.807, 2.05) is 0 Å². The Morgan fingerprint density at radius 1 is 1.43 bits per heavy atom. The first-order chi connectivity index (χ1) is 6.47. The maximum absolute atomic E-state index is 11.3. The molecule has 0 aliphatic carbocycles. The first-order valence-corrected chi connectivity index (χ1v) is 4.30. The summed E-state index contributed by atoms with van der Waals surface area (Å²) in [6, 6.07) is 0. The summed E-state index contributed by atoms with van der Waals surface area (Å²) in [5.74, 6) is -0.831. The van der Waals surface area contributed by atoms with E-state index in [0.29, 0.717) is 0 Å². The minimum absolute atomic E-state index is 0.143. The van der Waals surface area contributed by atoms with E-state index in [9.17, 15) is 9.59 Å². The Kier molecular flexibility index (Phi) is 5.36. The van der Waals surface area contributed by atoms with Gasteiger partial charge in [0.15, 0.2) is 0 Å². The van der Waals surface area contributed by atoms with Crippen LogP contribution in [-0.4, -0.2) is 37.5 Å². The summed E-state index contributed by atoms with van der Waals surface area (Å²) in [6.45, 7) is 3.32. The molecule has 0 aliphatic rings. The number of rotatable bonds is 4. The smallest absolute Gasteiger partial charge is 0.356 e. The van der Waals surface area contributed by atoms with Crippen LogP contribution >= 0.6 is 0 Å². The van der Waals surface area contributed by atoms with E-state index in [2.05, 4.69) is 5.32 Å². The van der Waals surface area contributed by atoms with Gasteiger partial charge in [-0.1, -0.05) is 0 Å². The van der Waals surface area contributed by atoms with E-state index >= 15 is 0 Å². The fourth-order valence-corrected chi connectivity index (χ4v) is 0.793. The Hall–Kier alpha value is -1.52. The lowest BCUT2D eigenvalue weighted by molar-refractivity contribution is -0.140. The zero-order chi connectivity index (χ0) is 11.1. The molecule has 0 saturated carbocycles. The van der Waals surface area contributed by atoms with Gasteiger partial charge < -0.3 is 15.0 Å². The van der Waals surface area contributed by atoms with Crippen molar-refractivity contribution < 1.29 is 14.3 Å². The molecule has 0 aromatic carbocycles. The summed E-state index contributed by atoms with van der Waals surface area (Å²) >= 11 is 0. The van der Waals surface area contributed by atoms with Crippen LogP contribution in [0.2, 0.25) is 0 Å². The predicted molar refractivity (Wildman–Crippen MR) is 52.2 cm³/mol. The van der Waals surface area contributed by atoms with Crippen LogP contribution in [0, 0.1) is 0 Å². The molecule has 0 atom stereocenters. The van der Waals surface area contributed by atoms with Crippen LogP contribution in [0.1, 0.15) is 13.8 Å². The minimum atomic E-state index is -0.531. The third kappa shape index (κ3) is 5.18. The van der Waals surface area contributed by atoms with Crippen molar-refractivity contribution in [1.29, 1.82) is 0 Å². The van der Waals surface area contributed by atoms with Gasteiger partial charge >= 0.3 is 5.97 Å². The van der Waals surface area contributed by atoms with E-state index in [1.54, 1.807) is 25.9 Å². The molecule has 0 heterocycles. The van der Waals surface area contributed by atoms with E-state index in [1.165, 1.54) is 13.1 Å². The van der Waals surface area contributed by atoms with Gasteiger partial charge in [-0.25, -0.2) is 4.79 Å². The van der Waals surface area contributed by atoms with Crippen molar-refractivity contribution in [3.05, 3.63) is 11.9 Å². The number of hydrogen-bond donors (Lipinski definition) is 1. The molecule has 0 rings (SSSR count). The van der Waals surface area contributed by atoms with E-state index in [4.69, 9.17) is 4.74 Å². The minimum Gasteiger partial charge on any atom is -0.461 e. The molecule has 1 amide bonds. The van der Waals surface area contributed by atoms with Gasteiger partial charge in [-0.15, -0.1) is 0 Å². The first-order valence-electron chi connectivity index (χ1n) is 4.30. The summed E-state index contributed by atoms with van der Waals surface area (Å²) in [5, 5.41) is 2.40. The van der Waals surface area contributed by atoms with Gasteiger partial charge in [0.1, 0.15) is 5.70 Å². The Morgan fingerprint density at radius 2 is 2.00 bits per heavy atom. The van der Waals surface area contributed by atoms with Crippen LogP contribution < -0.4 is 5.32 Å². The van der Waals surface area contributed by atoms with Crippen LogP contribution in [0.4, 0.5) is 0 Å². The molecular formula is C9H16N2O3. The van der Waals surface area contributed by atoms with Crippen molar-refractivity contribution in [1.82, 2.24) is 10.2 Å². The molecule has 5 heteroatoms. The first kappa shape index (κ1) is 12.5. The Labute approximate surface area is 83.7 Å². The van der Waals surface area contributed by atoms with Gasteiger partial charge in [0.05, 0.1) is 6.61 Å². The number of esters is 1. The molecule has 1 N–H and O–H groups in total. The van der Waals surface area contributed by atoms with Crippen LogP contribution in [0.15, 0.2) is 11.9 Å². The molecule has 0 unspecified atom stereocenters. The van der Waals surface area contributed by atoms with Crippen molar-refractivity contribution in [3.8, 4) is 0 Å². The average Bonchev–Trinajstić information content (AvgIpc) is 2.01. The van der Waals surface area contributed by atoms with E-state index < -0.39 is 5.97 Å². The molecule has 0 aromatic heterocycles. The lowest BCUT2D eigenvalue weighted by Crippen LogP contribution is -2.28. The zero-order valence-corrected chi connectivity index (χ0v) is 8.96. The fourth-order valence-electron chi connectivity index (χ4n) is 0.793. The summed E-state index contributed by atoms with van der Waals surface area (Å²) in [6.07, 6.45) is 1.50. The normalized spacial score (nSPS) is 10.7. The van der Waals surface area contributed by atoms with E-state index in [-0.39, 0.29) is 18.2 Å². The zero-order valence-electron chi connectivity index (χ0n) is 8.96. The molecule has 0 radical (unpaired) electrons. The summed E-state index contributed by atoms with van der Waals surface area (Å²) in [4.78, 5) is 23.7. The SMILES string of the molecule is CCOC(=O)/C(=C\N(C)C)NC(C)=O. The molecule has 0 saturated heterocycles. The fraction of sp³-hybridized carbons (Fsp3) is 0.556. The van der Waals surface area contributed by atoms with Gasteiger partial charge in [0.25, 0.3) is 0 Å². The Balaban J connectivity index is 4.54. The molecule has 0 aliphatic heterocycles. The van der Waals surface area contributed by atoms with E-state index in [0.717, 1.165) is 0 Å². The summed E-state index contributed by atoms with van der Waals surface area (Å²) < 4.78 is 4.76. The number of carbonyl (C=O) groups is 2. The number of hydrogen-bond acceptors (Lipinski definition) is 4. The third-order valence-corrected chi connectivity index (χ3v) is 1.19. The number of amides is 1. The van der Waals surface area contributed by atoms with Crippen molar-refractivity contribution in [2.75, 3.05) is 20.7 Å². The Bertz CT molecular complexity index is 246. The number of nitrogens with one attached hydrogen (secondary N) is 1. The van der Waals surface area contributed by atoms with Gasteiger partial charge in [0, 0.05) is 27.2 Å². The highest BCUT2D eigenvalue weighted by molar-refractivity contribution is 5.93. The van der Waals surface area contributed by atoms with Gasteiger partial charge in [0.2, 0.25) is 5.91 Å². The quantitative estimate of drug-likeness (QED) is 0.516. The second-order valence-corrected chi connectivity index (χ2v) is 2.91. The average molecular weight is 200 g/mol. The molecule has 14 heavy (non-hydrogen) atoms. The molecule has 0 aromatic rings. The molecule has 0 fully saturated rings. The molecule has 0 bridgehead atoms. The van der Waals surface area contributed by atoms with Crippen molar-refractivity contribution in [2.24, 2.45) is 0 Å². The van der Waals surface area contributed by atoms with Crippen LogP contribution in [-0.2, 0) is 14.3 Å². The number of nitrogens with zero attached hydrogens (tertiary/aromatic N) is 1. The van der Waals surface area contributed by atoms with Crippen molar-refractivity contribution in [2.45, 2.75) is 13.8 Å². The third-order valence-electron chi connectivity index (χ3n) is 1.19. The topological polar surface area (TPSA) is 58.6 Å². The maximum Gasteiger partial charge on any atom is 0.356 e. The summed E-state index contributed by atoms with van der Waals surface area (Å²) in [7, 11) is 3.50. The molecule has 5 nitrogen and oxygen atoms in total. The molecule has 80 valence electrons. The standard InChI is InChI=1S/C9H16N2O3/c1-5-14-9(13)8(6-11(3)4)10-7(2)12/h6H,5H2,1-4H3,(H,10,12)/b8-6+. The highest BCUT2D eigenvalue weighted by Crippen LogP contribution is 1.95. The number of ether oxygens (including phenoxy) is 1. The largest absolute Gasteiger partial charge is 0.461 e. The van der Waals surface area contributed by atoms with Gasteiger partial charge in [-0.2, -0.15) is 0 Å². The summed E-state index contributed by atoms with van der Waals surface area (Å²) in [5.41, 5.74) is 0.143. The second kappa shape index (κ2) is 6.01. The van der Waals surface area contributed by atoms with Crippen molar-refractivity contribution in [3.63, 3.8) is 0 Å². The predicted octanol–water partition coefficient (Wildman–Crippen LogP) is 0.0886. The second-order valence-electron chi connectivity index (χ2n) is 2.91. The van der Waals surface area contributed by atoms with Gasteiger partial charge in [-0.3, -0.25) is 4.79 Å². The highest BCUT2D eigenvalue weighted by atomic mass is 16.5. The maximum atomic E-state index is 11.3. The van der Waals surface area contributed by atoms with Crippen molar-refractivity contribution >= 4 is 11.9 Å². The Morgan fingerprint density at radius 3 is 2.36 bits per heavy atom. The van der Waals surface area contributed by atoms with Crippen LogP contribution in [0.3, 0.4) is 0 Å². The van der Waals surface area contributed by atoms with Crippen LogP contribution in [0.5, 0.6) is 0 Å². The lowest BCUT2D eigenvalue weighted by atomic mass is 10.4. The monoisotopic (exact) mass is 200 g/mol. The van der Waals surface area contributed by atoms with Gasteiger partial charge in [-0.05, 0) is 6.92 Å². The molecular weight excluding hydrogens is 184 g/mol.